The van der Waals surface area contributed by atoms with Crippen LogP contribution in [-0.2, 0) is 21.5 Å². The van der Waals surface area contributed by atoms with Crippen molar-refractivity contribution in [2.24, 2.45) is 0 Å². The van der Waals surface area contributed by atoms with Crippen molar-refractivity contribution >= 4 is 35.1 Å². The van der Waals surface area contributed by atoms with E-state index in [0.717, 1.165) is 18.4 Å². The minimum absolute atomic E-state index is 0.153. The Morgan fingerprint density at radius 3 is 2.44 bits per heavy atom. The predicted octanol–water partition coefficient (Wildman–Crippen LogP) is 4.32. The van der Waals surface area contributed by atoms with Gasteiger partial charge in [0.25, 0.3) is 5.91 Å². The van der Waals surface area contributed by atoms with Crippen molar-refractivity contribution in [1.29, 1.82) is 0 Å². The van der Waals surface area contributed by atoms with Crippen LogP contribution in [0.25, 0.3) is 0 Å². The molecule has 0 radical (unpaired) electrons. The van der Waals surface area contributed by atoms with E-state index in [1.54, 1.807) is 36.4 Å². The molecule has 2 N–H and O–H groups in total. The summed E-state index contributed by atoms with van der Waals surface area (Å²) in [5.41, 5.74) is 2.04. The van der Waals surface area contributed by atoms with E-state index in [1.807, 2.05) is 12.1 Å². The van der Waals surface area contributed by atoms with Gasteiger partial charge in [-0.25, -0.2) is 4.79 Å². The highest BCUT2D eigenvalue weighted by Crippen LogP contribution is 2.49. The van der Waals surface area contributed by atoms with Crippen LogP contribution in [0, 0.1) is 0 Å². The zero-order chi connectivity index (χ0) is 22.7. The molecule has 1 fully saturated rings. The summed E-state index contributed by atoms with van der Waals surface area (Å²) in [6.07, 6.45) is 4.21. The largest absolute Gasteiger partial charge is 0.472 e. The molecule has 0 spiro atoms. The summed E-state index contributed by atoms with van der Waals surface area (Å²) >= 11 is 5.97. The number of furan rings is 1. The number of esters is 1. The standard InChI is InChI=1S/C24H21ClN2O5/c1-31-22(29)17-10-15(13-26-21(28)16-6-9-32-14-16)11-20(12-17)27-23(30)24(7-8-24)18-2-4-19(25)5-3-18/h2-6,9-12,14H,7-8,13H2,1H3,(H,26,28)(H,27,30). The number of anilines is 1. The number of hydrogen-bond acceptors (Lipinski definition) is 5. The van der Waals surface area contributed by atoms with E-state index in [0.29, 0.717) is 21.8 Å². The summed E-state index contributed by atoms with van der Waals surface area (Å²) in [7, 11) is 1.29. The van der Waals surface area contributed by atoms with Crippen molar-refractivity contribution in [2.45, 2.75) is 24.8 Å². The van der Waals surface area contributed by atoms with E-state index in [2.05, 4.69) is 10.6 Å². The Hall–Kier alpha value is -3.58. The number of benzene rings is 2. The minimum Gasteiger partial charge on any atom is -0.472 e. The minimum atomic E-state index is -0.610. The molecule has 1 heterocycles. The molecule has 7 nitrogen and oxygen atoms in total. The molecular formula is C24H21ClN2O5. The molecule has 1 aromatic heterocycles. The number of halogens is 1. The summed E-state index contributed by atoms with van der Waals surface area (Å²) in [5.74, 6) is -1.01. The Balaban J connectivity index is 1.54. The van der Waals surface area contributed by atoms with Crippen LogP contribution in [0.4, 0.5) is 5.69 Å². The van der Waals surface area contributed by atoms with Gasteiger partial charge in [0.2, 0.25) is 5.91 Å². The zero-order valence-corrected chi connectivity index (χ0v) is 18.1. The maximum Gasteiger partial charge on any atom is 0.337 e. The van der Waals surface area contributed by atoms with E-state index in [9.17, 15) is 14.4 Å². The van der Waals surface area contributed by atoms with Crippen molar-refractivity contribution in [3.05, 3.63) is 88.3 Å². The predicted molar refractivity (Wildman–Crippen MR) is 119 cm³/mol. The quantitative estimate of drug-likeness (QED) is 0.520. The van der Waals surface area contributed by atoms with Crippen LogP contribution in [0.2, 0.25) is 5.02 Å². The molecule has 1 aliphatic rings. The van der Waals surface area contributed by atoms with Gasteiger partial charge in [0.15, 0.2) is 0 Å². The topological polar surface area (TPSA) is 97.6 Å². The molecule has 0 atom stereocenters. The first-order valence-electron chi connectivity index (χ1n) is 10.0. The third-order valence-corrected chi connectivity index (χ3v) is 5.74. The van der Waals surface area contributed by atoms with Crippen molar-refractivity contribution < 1.29 is 23.5 Å². The fourth-order valence-electron chi connectivity index (χ4n) is 3.57. The van der Waals surface area contributed by atoms with Gasteiger partial charge < -0.3 is 19.8 Å². The van der Waals surface area contributed by atoms with Crippen LogP contribution in [-0.4, -0.2) is 24.9 Å². The molecule has 0 bridgehead atoms. The molecule has 0 unspecified atom stereocenters. The molecule has 1 saturated carbocycles. The fourth-order valence-corrected chi connectivity index (χ4v) is 3.70. The SMILES string of the molecule is COC(=O)c1cc(CNC(=O)c2ccoc2)cc(NC(=O)C2(c3ccc(Cl)cc3)CC2)c1. The fraction of sp³-hybridized carbons (Fsp3) is 0.208. The Labute approximate surface area is 189 Å². The van der Waals surface area contributed by atoms with Gasteiger partial charge in [0.1, 0.15) is 6.26 Å². The molecular weight excluding hydrogens is 432 g/mol. The summed E-state index contributed by atoms with van der Waals surface area (Å²) in [4.78, 5) is 37.5. The molecule has 2 amide bonds. The number of amides is 2. The molecule has 8 heteroatoms. The summed E-state index contributed by atoms with van der Waals surface area (Å²) in [6, 6.07) is 13.7. The molecule has 2 aromatic carbocycles. The molecule has 164 valence electrons. The Morgan fingerprint density at radius 2 is 1.81 bits per heavy atom. The normalized spacial score (nSPS) is 13.8. The summed E-state index contributed by atoms with van der Waals surface area (Å²) in [5, 5.41) is 6.30. The number of nitrogens with one attached hydrogen (secondary N) is 2. The van der Waals surface area contributed by atoms with Gasteiger partial charge in [-0.15, -0.1) is 0 Å². The van der Waals surface area contributed by atoms with Crippen molar-refractivity contribution in [3.8, 4) is 0 Å². The van der Waals surface area contributed by atoms with Gasteiger partial charge in [0, 0.05) is 17.3 Å². The summed E-state index contributed by atoms with van der Waals surface area (Å²) < 4.78 is 9.75. The second-order valence-electron chi connectivity index (χ2n) is 7.65. The number of ether oxygens (including phenoxy) is 1. The second kappa shape index (κ2) is 8.88. The lowest BCUT2D eigenvalue weighted by Crippen LogP contribution is -2.28. The molecule has 0 saturated heterocycles. The molecule has 32 heavy (non-hydrogen) atoms. The monoisotopic (exact) mass is 452 g/mol. The van der Waals surface area contributed by atoms with Crippen LogP contribution in [0.1, 0.15) is 44.7 Å². The van der Waals surface area contributed by atoms with Gasteiger partial charge in [-0.05, 0) is 60.4 Å². The molecule has 4 rings (SSSR count). The maximum absolute atomic E-state index is 13.1. The van der Waals surface area contributed by atoms with Crippen molar-refractivity contribution in [2.75, 3.05) is 12.4 Å². The Morgan fingerprint density at radius 1 is 1.06 bits per heavy atom. The number of carbonyl (C=O) groups is 3. The van der Waals surface area contributed by atoms with Crippen LogP contribution in [0.5, 0.6) is 0 Å². The van der Waals surface area contributed by atoms with E-state index < -0.39 is 11.4 Å². The van der Waals surface area contributed by atoms with Crippen LogP contribution >= 0.6 is 11.6 Å². The maximum atomic E-state index is 13.1. The number of hydrogen-bond donors (Lipinski definition) is 2. The Bertz CT molecular complexity index is 1150. The average Bonchev–Trinajstić information content (AvgIpc) is 3.43. The first kappa shape index (κ1) is 21.6. The summed E-state index contributed by atoms with van der Waals surface area (Å²) in [6.45, 7) is 0.153. The highest BCUT2D eigenvalue weighted by molar-refractivity contribution is 6.30. The van der Waals surface area contributed by atoms with Gasteiger partial charge in [-0.2, -0.15) is 0 Å². The zero-order valence-electron chi connectivity index (χ0n) is 17.3. The van der Waals surface area contributed by atoms with Gasteiger partial charge in [-0.1, -0.05) is 23.7 Å². The smallest absolute Gasteiger partial charge is 0.337 e. The first-order chi connectivity index (χ1) is 15.4. The highest BCUT2D eigenvalue weighted by atomic mass is 35.5. The van der Waals surface area contributed by atoms with Crippen molar-refractivity contribution in [1.82, 2.24) is 5.32 Å². The highest BCUT2D eigenvalue weighted by Gasteiger charge is 2.51. The van der Waals surface area contributed by atoms with E-state index >= 15 is 0 Å². The van der Waals surface area contributed by atoms with Crippen LogP contribution in [0.3, 0.4) is 0 Å². The lowest BCUT2D eigenvalue weighted by atomic mass is 9.95. The number of methoxy groups -OCH3 is 1. The van der Waals surface area contributed by atoms with Crippen LogP contribution < -0.4 is 10.6 Å². The average molecular weight is 453 g/mol. The third kappa shape index (κ3) is 4.53. The van der Waals surface area contributed by atoms with Gasteiger partial charge in [-0.3, -0.25) is 9.59 Å². The molecule has 0 aliphatic heterocycles. The second-order valence-corrected chi connectivity index (χ2v) is 8.08. The Kier molecular flexibility index (Phi) is 6.01. The third-order valence-electron chi connectivity index (χ3n) is 5.49. The molecule has 3 aromatic rings. The number of carbonyl (C=O) groups excluding carboxylic acids is 3. The first-order valence-corrected chi connectivity index (χ1v) is 10.4. The van der Waals surface area contributed by atoms with Gasteiger partial charge >= 0.3 is 5.97 Å². The van der Waals surface area contributed by atoms with E-state index in [1.165, 1.54) is 19.6 Å². The van der Waals surface area contributed by atoms with Crippen LogP contribution in [0.15, 0.2) is 65.5 Å². The van der Waals surface area contributed by atoms with E-state index in [-0.39, 0.29) is 23.9 Å². The molecule has 1 aliphatic carbocycles. The van der Waals surface area contributed by atoms with E-state index in [4.69, 9.17) is 20.8 Å². The van der Waals surface area contributed by atoms with Crippen molar-refractivity contribution in [3.63, 3.8) is 0 Å². The number of rotatable bonds is 7. The van der Waals surface area contributed by atoms with Gasteiger partial charge in [0.05, 0.1) is 29.9 Å². The lowest BCUT2D eigenvalue weighted by Gasteiger charge is -2.17. The lowest BCUT2D eigenvalue weighted by molar-refractivity contribution is -0.118.